The van der Waals surface area contributed by atoms with E-state index in [0.717, 1.165) is 49.9 Å². The van der Waals surface area contributed by atoms with Crippen molar-refractivity contribution in [3.63, 3.8) is 0 Å². The van der Waals surface area contributed by atoms with Crippen LogP contribution >= 0.6 is 0 Å². The third-order valence-corrected chi connectivity index (χ3v) is 4.59. The summed E-state index contributed by atoms with van der Waals surface area (Å²) in [5, 5.41) is 3.50. The fourth-order valence-corrected chi connectivity index (χ4v) is 2.71. The molecule has 5 heteroatoms. The van der Waals surface area contributed by atoms with Crippen LogP contribution in [-0.4, -0.2) is 42.4 Å². The van der Waals surface area contributed by atoms with Crippen LogP contribution in [-0.2, 0) is 20.3 Å². The zero-order valence-corrected chi connectivity index (χ0v) is 16.3. The van der Waals surface area contributed by atoms with Crippen molar-refractivity contribution in [2.24, 2.45) is 0 Å². The van der Waals surface area contributed by atoms with Gasteiger partial charge in [-0.3, -0.25) is 0 Å². The van der Waals surface area contributed by atoms with Gasteiger partial charge in [0.2, 0.25) is 0 Å². The first-order valence-electron chi connectivity index (χ1n) is 8.83. The Labute approximate surface area is 146 Å². The summed E-state index contributed by atoms with van der Waals surface area (Å²) >= 11 is 0. The predicted molar refractivity (Wildman–Crippen MR) is 97.7 cm³/mol. The molecule has 1 aromatic rings. The summed E-state index contributed by atoms with van der Waals surface area (Å²) in [6.45, 7) is 15.2. The molecule has 0 spiro atoms. The maximum absolute atomic E-state index is 5.81. The van der Waals surface area contributed by atoms with Gasteiger partial charge in [0.1, 0.15) is 11.6 Å². The van der Waals surface area contributed by atoms with Crippen LogP contribution in [0.25, 0.3) is 0 Å². The van der Waals surface area contributed by atoms with Gasteiger partial charge in [0.15, 0.2) is 0 Å². The first kappa shape index (κ1) is 19.1. The SMILES string of the molecule is COC1(CNc2cc(C(C)(C)C)nc(C(C)(C)C)n2)CCOCC1. The largest absolute Gasteiger partial charge is 0.381 e. The number of nitrogens with one attached hydrogen (secondary N) is 1. The molecule has 1 fully saturated rings. The summed E-state index contributed by atoms with van der Waals surface area (Å²) in [5.41, 5.74) is 0.780. The molecule has 0 atom stereocenters. The third-order valence-electron chi connectivity index (χ3n) is 4.59. The maximum atomic E-state index is 5.81. The molecule has 0 aliphatic carbocycles. The van der Waals surface area contributed by atoms with Gasteiger partial charge < -0.3 is 14.8 Å². The lowest BCUT2D eigenvalue weighted by molar-refractivity contribution is -0.0807. The Balaban J connectivity index is 2.25. The van der Waals surface area contributed by atoms with Crippen molar-refractivity contribution < 1.29 is 9.47 Å². The van der Waals surface area contributed by atoms with Crippen molar-refractivity contribution in [1.29, 1.82) is 0 Å². The van der Waals surface area contributed by atoms with Gasteiger partial charge >= 0.3 is 0 Å². The maximum Gasteiger partial charge on any atom is 0.136 e. The lowest BCUT2D eigenvalue weighted by atomic mass is 9.90. The summed E-state index contributed by atoms with van der Waals surface area (Å²) in [5.74, 6) is 1.75. The van der Waals surface area contributed by atoms with Crippen LogP contribution in [0.1, 0.15) is 65.9 Å². The molecule has 24 heavy (non-hydrogen) atoms. The van der Waals surface area contributed by atoms with Gasteiger partial charge in [-0.25, -0.2) is 9.97 Å². The third kappa shape index (κ3) is 4.67. The summed E-state index contributed by atoms with van der Waals surface area (Å²) in [4.78, 5) is 9.56. The van der Waals surface area contributed by atoms with Crippen molar-refractivity contribution in [3.8, 4) is 0 Å². The van der Waals surface area contributed by atoms with Crippen LogP contribution in [0, 0.1) is 0 Å². The second-order valence-electron chi connectivity index (χ2n) is 8.82. The van der Waals surface area contributed by atoms with E-state index in [2.05, 4.69) is 52.9 Å². The topological polar surface area (TPSA) is 56.3 Å². The van der Waals surface area contributed by atoms with Crippen LogP contribution in [0.2, 0.25) is 0 Å². The predicted octanol–water partition coefficient (Wildman–Crippen LogP) is 3.68. The van der Waals surface area contributed by atoms with Crippen molar-refractivity contribution in [2.45, 2.75) is 70.8 Å². The summed E-state index contributed by atoms with van der Waals surface area (Å²) in [7, 11) is 1.79. The fraction of sp³-hybridized carbons (Fsp3) is 0.789. The van der Waals surface area contributed by atoms with E-state index in [1.807, 2.05) is 0 Å². The van der Waals surface area contributed by atoms with E-state index < -0.39 is 0 Å². The highest BCUT2D eigenvalue weighted by Gasteiger charge is 2.33. The highest BCUT2D eigenvalue weighted by molar-refractivity contribution is 5.39. The van der Waals surface area contributed by atoms with E-state index in [-0.39, 0.29) is 16.4 Å². The summed E-state index contributed by atoms with van der Waals surface area (Å²) < 4.78 is 11.3. The molecule has 2 heterocycles. The fourth-order valence-electron chi connectivity index (χ4n) is 2.71. The zero-order valence-electron chi connectivity index (χ0n) is 16.3. The van der Waals surface area contributed by atoms with Crippen LogP contribution in [0.3, 0.4) is 0 Å². The van der Waals surface area contributed by atoms with Gasteiger partial charge in [0, 0.05) is 56.6 Å². The molecule has 0 radical (unpaired) electrons. The average molecular weight is 335 g/mol. The standard InChI is InChI=1S/C19H33N3O2/c1-17(2,3)14-12-15(22-16(21-14)18(4,5)6)20-13-19(23-7)8-10-24-11-9-19/h12H,8-11,13H2,1-7H3,(H,20,21,22). The quantitative estimate of drug-likeness (QED) is 0.909. The number of ether oxygens (including phenoxy) is 2. The van der Waals surface area contributed by atoms with E-state index in [4.69, 9.17) is 19.4 Å². The Bertz CT molecular complexity index is 520. The molecule has 1 aliphatic heterocycles. The van der Waals surface area contributed by atoms with Crippen molar-refractivity contribution in [3.05, 3.63) is 17.6 Å². The van der Waals surface area contributed by atoms with Gasteiger partial charge in [0.25, 0.3) is 0 Å². The molecule has 0 saturated carbocycles. The minimum absolute atomic E-state index is 0.0169. The number of methoxy groups -OCH3 is 1. The van der Waals surface area contributed by atoms with Crippen molar-refractivity contribution in [2.75, 3.05) is 32.2 Å². The lowest BCUT2D eigenvalue weighted by Gasteiger charge is -2.36. The second-order valence-corrected chi connectivity index (χ2v) is 8.82. The molecule has 0 amide bonds. The minimum atomic E-state index is -0.174. The zero-order chi connectivity index (χ0) is 18.0. The Morgan fingerprint density at radius 1 is 1.08 bits per heavy atom. The Hall–Kier alpha value is -1.20. The molecular formula is C19H33N3O2. The normalized spacial score (nSPS) is 18.5. The first-order chi connectivity index (χ1) is 11.1. The molecule has 2 rings (SSSR count). The molecule has 1 N–H and O–H groups in total. The summed E-state index contributed by atoms with van der Waals surface area (Å²) in [6.07, 6.45) is 1.81. The van der Waals surface area contributed by atoms with Crippen molar-refractivity contribution in [1.82, 2.24) is 9.97 Å². The van der Waals surface area contributed by atoms with Crippen LogP contribution < -0.4 is 5.32 Å². The molecule has 1 saturated heterocycles. The number of anilines is 1. The first-order valence-corrected chi connectivity index (χ1v) is 8.83. The Morgan fingerprint density at radius 2 is 1.71 bits per heavy atom. The second kappa shape index (κ2) is 6.96. The van der Waals surface area contributed by atoms with Crippen LogP contribution in [0.5, 0.6) is 0 Å². The molecule has 1 aliphatic rings. The Morgan fingerprint density at radius 3 is 2.21 bits per heavy atom. The van der Waals surface area contributed by atoms with Gasteiger partial charge in [-0.15, -0.1) is 0 Å². The number of hydrogen-bond donors (Lipinski definition) is 1. The molecule has 136 valence electrons. The van der Waals surface area contributed by atoms with Gasteiger partial charge in [-0.05, 0) is 0 Å². The van der Waals surface area contributed by atoms with Crippen LogP contribution in [0.4, 0.5) is 5.82 Å². The molecule has 0 unspecified atom stereocenters. The molecule has 1 aromatic heterocycles. The van der Waals surface area contributed by atoms with Crippen molar-refractivity contribution >= 4 is 5.82 Å². The molecular weight excluding hydrogens is 302 g/mol. The van der Waals surface area contributed by atoms with E-state index in [9.17, 15) is 0 Å². The van der Waals surface area contributed by atoms with Gasteiger partial charge in [0.05, 0.1) is 11.3 Å². The Kier molecular flexibility index (Phi) is 5.55. The number of nitrogens with zero attached hydrogens (tertiary/aromatic N) is 2. The van der Waals surface area contributed by atoms with E-state index in [0.29, 0.717) is 0 Å². The molecule has 0 bridgehead atoms. The molecule has 0 aromatic carbocycles. The number of rotatable bonds is 4. The van der Waals surface area contributed by atoms with Gasteiger partial charge in [-0.1, -0.05) is 41.5 Å². The number of hydrogen-bond acceptors (Lipinski definition) is 5. The molecule has 5 nitrogen and oxygen atoms in total. The van der Waals surface area contributed by atoms with E-state index in [1.165, 1.54) is 0 Å². The summed E-state index contributed by atoms with van der Waals surface area (Å²) in [6, 6.07) is 2.07. The van der Waals surface area contributed by atoms with E-state index in [1.54, 1.807) is 7.11 Å². The average Bonchev–Trinajstić information content (AvgIpc) is 2.52. The highest BCUT2D eigenvalue weighted by atomic mass is 16.5. The minimum Gasteiger partial charge on any atom is -0.381 e. The number of aromatic nitrogens is 2. The lowest BCUT2D eigenvalue weighted by Crippen LogP contribution is -2.44. The monoisotopic (exact) mass is 335 g/mol. The highest BCUT2D eigenvalue weighted by Crippen LogP contribution is 2.28. The van der Waals surface area contributed by atoms with Gasteiger partial charge in [-0.2, -0.15) is 0 Å². The smallest absolute Gasteiger partial charge is 0.136 e. The van der Waals surface area contributed by atoms with Crippen LogP contribution in [0.15, 0.2) is 6.07 Å². The van der Waals surface area contributed by atoms with E-state index >= 15 is 0 Å².